The van der Waals surface area contributed by atoms with Crippen LogP contribution in [-0.4, -0.2) is 9.96 Å². The molecule has 0 aliphatic heterocycles. The van der Waals surface area contributed by atoms with Gasteiger partial charge in [0.2, 0.25) is 0 Å². The summed E-state index contributed by atoms with van der Waals surface area (Å²) in [7, 11) is -0.839. The summed E-state index contributed by atoms with van der Waals surface area (Å²) in [5.74, 6) is 1.65. The van der Waals surface area contributed by atoms with Crippen molar-refractivity contribution in [1.82, 2.24) is 0 Å². The molecule has 1 aromatic rings. The molecule has 0 saturated heterocycles. The molecule has 2 N–H and O–H groups in total. The summed E-state index contributed by atoms with van der Waals surface area (Å²) < 4.78 is 12.0. The van der Waals surface area contributed by atoms with E-state index < -0.39 is 10.8 Å². The third kappa shape index (κ3) is 2.81. The van der Waals surface area contributed by atoms with Gasteiger partial charge in [0.15, 0.2) is 0 Å². The van der Waals surface area contributed by atoms with E-state index in [-0.39, 0.29) is 0 Å². The van der Waals surface area contributed by atoms with Gasteiger partial charge in [0.25, 0.3) is 0 Å². The molecule has 0 aromatic heterocycles. The van der Waals surface area contributed by atoms with Crippen LogP contribution in [-0.2, 0) is 10.8 Å². The zero-order valence-corrected chi connectivity index (χ0v) is 9.85. The molecule has 1 unspecified atom stereocenters. The van der Waals surface area contributed by atoms with Crippen LogP contribution in [0, 0.1) is 12.8 Å². The minimum absolute atomic E-state index is 0.746. The van der Waals surface area contributed by atoms with Crippen LogP contribution < -0.4 is 5.73 Å². The van der Waals surface area contributed by atoms with E-state index in [1.165, 1.54) is 12.8 Å². The lowest BCUT2D eigenvalue weighted by molar-refractivity contribution is 0.676. The summed E-state index contributed by atoms with van der Waals surface area (Å²) in [6, 6.07) is 5.62. The van der Waals surface area contributed by atoms with Crippen molar-refractivity contribution in [3.8, 4) is 0 Å². The number of hydrogen-bond acceptors (Lipinski definition) is 2. The van der Waals surface area contributed by atoms with Gasteiger partial charge in [-0.3, -0.25) is 4.21 Å². The van der Waals surface area contributed by atoms with Gasteiger partial charge >= 0.3 is 0 Å². The Labute approximate surface area is 93.3 Å². The first-order valence-corrected chi connectivity index (χ1v) is 6.73. The lowest BCUT2D eigenvalue weighted by atomic mass is 10.2. The summed E-state index contributed by atoms with van der Waals surface area (Å²) in [6.45, 7) is 1.97. The van der Waals surface area contributed by atoms with Crippen LogP contribution in [0.1, 0.15) is 24.8 Å². The fraction of sp³-hybridized carbons (Fsp3) is 0.500. The fourth-order valence-electron chi connectivity index (χ4n) is 1.72. The zero-order valence-electron chi connectivity index (χ0n) is 9.03. The van der Waals surface area contributed by atoms with Crippen molar-refractivity contribution < 1.29 is 4.21 Å². The third-order valence-electron chi connectivity index (χ3n) is 2.85. The first-order valence-electron chi connectivity index (χ1n) is 5.41. The number of nitrogens with two attached hydrogens (primary N) is 1. The second-order valence-electron chi connectivity index (χ2n) is 4.31. The lowest BCUT2D eigenvalue weighted by Crippen LogP contribution is -2.01. The first-order chi connectivity index (χ1) is 7.16. The molecular formula is C12H17NOS. The second-order valence-corrected chi connectivity index (χ2v) is 5.85. The summed E-state index contributed by atoms with van der Waals surface area (Å²) in [5.41, 5.74) is 7.45. The highest BCUT2D eigenvalue weighted by Crippen LogP contribution is 2.33. The predicted molar refractivity (Wildman–Crippen MR) is 64.2 cm³/mol. The summed E-state index contributed by atoms with van der Waals surface area (Å²) in [4.78, 5) is 0.949. The Balaban J connectivity index is 2.03. The molecule has 1 atom stereocenters. The number of benzene rings is 1. The topological polar surface area (TPSA) is 43.1 Å². The third-order valence-corrected chi connectivity index (χ3v) is 4.41. The normalized spacial score (nSPS) is 17.7. The highest BCUT2D eigenvalue weighted by atomic mass is 32.2. The number of nitrogen functional groups attached to an aromatic ring is 1. The molecule has 1 aliphatic carbocycles. The number of hydrogen-bond donors (Lipinski definition) is 1. The standard InChI is InChI=1S/C12H17NOS/c1-9-8-11(13)4-5-12(9)15(14)7-6-10-2-3-10/h4-5,8,10H,2-3,6-7,13H2,1H3. The zero-order chi connectivity index (χ0) is 10.8. The van der Waals surface area contributed by atoms with Gasteiger partial charge in [-0.05, 0) is 43.0 Å². The quantitative estimate of drug-likeness (QED) is 0.797. The van der Waals surface area contributed by atoms with E-state index in [1.807, 2.05) is 25.1 Å². The van der Waals surface area contributed by atoms with Crippen LogP contribution in [0.25, 0.3) is 0 Å². The maximum absolute atomic E-state index is 12.0. The van der Waals surface area contributed by atoms with Crippen LogP contribution >= 0.6 is 0 Å². The summed E-state index contributed by atoms with van der Waals surface area (Å²) in [6.07, 6.45) is 3.77. The van der Waals surface area contributed by atoms with Crippen LogP contribution in [0.5, 0.6) is 0 Å². The minimum Gasteiger partial charge on any atom is -0.399 e. The van der Waals surface area contributed by atoms with Crippen molar-refractivity contribution in [2.24, 2.45) is 5.92 Å². The molecular weight excluding hydrogens is 206 g/mol. The molecule has 1 aliphatic rings. The van der Waals surface area contributed by atoms with Gasteiger partial charge in [0, 0.05) is 16.3 Å². The van der Waals surface area contributed by atoms with Crippen LogP contribution in [0.2, 0.25) is 0 Å². The Morgan fingerprint density at radius 1 is 1.47 bits per heavy atom. The van der Waals surface area contributed by atoms with Crippen molar-refractivity contribution in [2.75, 3.05) is 11.5 Å². The Morgan fingerprint density at radius 2 is 2.20 bits per heavy atom. The molecule has 1 fully saturated rings. The first kappa shape index (κ1) is 10.7. The number of anilines is 1. The SMILES string of the molecule is Cc1cc(N)ccc1S(=O)CCC1CC1. The van der Waals surface area contributed by atoms with E-state index in [0.29, 0.717) is 0 Å². The molecule has 1 saturated carbocycles. The van der Waals surface area contributed by atoms with Gasteiger partial charge in [0.1, 0.15) is 0 Å². The van der Waals surface area contributed by atoms with Crippen molar-refractivity contribution in [3.63, 3.8) is 0 Å². The highest BCUT2D eigenvalue weighted by Gasteiger charge is 2.22. The largest absolute Gasteiger partial charge is 0.399 e. The van der Waals surface area contributed by atoms with Gasteiger partial charge in [-0.1, -0.05) is 12.8 Å². The predicted octanol–water partition coefficient (Wildman–Crippen LogP) is 2.48. The smallest absolute Gasteiger partial charge is 0.0532 e. The van der Waals surface area contributed by atoms with Crippen LogP contribution in [0.3, 0.4) is 0 Å². The molecule has 1 aromatic carbocycles. The van der Waals surface area contributed by atoms with E-state index in [1.54, 1.807) is 0 Å². The van der Waals surface area contributed by atoms with E-state index in [9.17, 15) is 4.21 Å². The Bertz CT molecular complexity index is 385. The average Bonchev–Trinajstić information content (AvgIpc) is 2.97. The Morgan fingerprint density at radius 3 is 2.80 bits per heavy atom. The maximum atomic E-state index is 12.0. The average molecular weight is 223 g/mol. The number of rotatable bonds is 4. The molecule has 82 valence electrons. The van der Waals surface area contributed by atoms with E-state index >= 15 is 0 Å². The molecule has 3 heteroatoms. The van der Waals surface area contributed by atoms with E-state index in [2.05, 4.69) is 0 Å². The molecule has 15 heavy (non-hydrogen) atoms. The highest BCUT2D eigenvalue weighted by molar-refractivity contribution is 7.85. The molecule has 2 rings (SSSR count). The van der Waals surface area contributed by atoms with Crippen molar-refractivity contribution >= 4 is 16.5 Å². The maximum Gasteiger partial charge on any atom is 0.0532 e. The van der Waals surface area contributed by atoms with Crippen LogP contribution in [0.4, 0.5) is 5.69 Å². The monoisotopic (exact) mass is 223 g/mol. The molecule has 0 spiro atoms. The molecule has 2 nitrogen and oxygen atoms in total. The number of aryl methyl sites for hydroxylation is 1. The summed E-state index contributed by atoms with van der Waals surface area (Å²) in [5, 5.41) is 0. The fourth-order valence-corrected chi connectivity index (χ4v) is 3.12. The molecule has 0 amide bonds. The van der Waals surface area contributed by atoms with Gasteiger partial charge in [-0.2, -0.15) is 0 Å². The Kier molecular flexibility index (Phi) is 3.10. The molecule has 0 heterocycles. The molecule has 0 bridgehead atoms. The molecule has 0 radical (unpaired) electrons. The van der Waals surface area contributed by atoms with Gasteiger partial charge < -0.3 is 5.73 Å². The lowest BCUT2D eigenvalue weighted by Gasteiger charge is -2.06. The van der Waals surface area contributed by atoms with E-state index in [4.69, 9.17) is 5.73 Å². The Hall–Kier alpha value is -0.830. The second kappa shape index (κ2) is 4.35. The minimum atomic E-state index is -0.839. The van der Waals surface area contributed by atoms with Gasteiger partial charge in [-0.25, -0.2) is 0 Å². The van der Waals surface area contributed by atoms with Gasteiger partial charge in [-0.15, -0.1) is 0 Å². The van der Waals surface area contributed by atoms with Crippen molar-refractivity contribution in [2.45, 2.75) is 31.1 Å². The van der Waals surface area contributed by atoms with Crippen molar-refractivity contribution in [3.05, 3.63) is 23.8 Å². The van der Waals surface area contributed by atoms with Crippen molar-refractivity contribution in [1.29, 1.82) is 0 Å². The van der Waals surface area contributed by atoms with Crippen LogP contribution in [0.15, 0.2) is 23.1 Å². The summed E-state index contributed by atoms with van der Waals surface area (Å²) >= 11 is 0. The van der Waals surface area contributed by atoms with E-state index in [0.717, 1.165) is 34.2 Å². The van der Waals surface area contributed by atoms with Gasteiger partial charge in [0.05, 0.1) is 10.8 Å².